The van der Waals surface area contributed by atoms with Gasteiger partial charge in [0.05, 0.1) is 23.1 Å². The van der Waals surface area contributed by atoms with Crippen molar-refractivity contribution in [1.29, 1.82) is 0 Å². The van der Waals surface area contributed by atoms with Gasteiger partial charge in [0.25, 0.3) is 5.91 Å². The SMILES string of the molecule is C[C@@H]1CN(S(=O)(=O)c2ccc(C(=O)N[C@@H]3CCSc4ccc(F)cc43)cc2)C[C@H](C)O1. The van der Waals surface area contributed by atoms with Crippen LogP contribution in [-0.4, -0.2) is 49.7 Å². The summed E-state index contributed by atoms with van der Waals surface area (Å²) in [5.41, 5.74) is 1.14. The van der Waals surface area contributed by atoms with E-state index in [2.05, 4.69) is 5.32 Å². The minimum atomic E-state index is -3.67. The number of sulfonamides is 1. The Bertz CT molecular complexity index is 1070. The number of nitrogens with zero attached hydrogens (tertiary/aromatic N) is 1. The standard InChI is InChI=1S/C22H25FN2O4S2/c1-14-12-25(13-15(2)29-14)31(27,28)18-6-3-16(4-7-18)22(26)24-20-9-10-30-21-8-5-17(23)11-19(20)21/h3-8,11,14-15,20H,9-10,12-13H2,1-2H3,(H,24,26)/t14-,15+,20-/m1/s1. The molecule has 1 amide bonds. The molecule has 0 bridgehead atoms. The van der Waals surface area contributed by atoms with Crippen LogP contribution >= 0.6 is 11.8 Å². The molecule has 9 heteroatoms. The third-order valence-electron chi connectivity index (χ3n) is 5.46. The lowest BCUT2D eigenvalue weighted by Crippen LogP contribution is -2.48. The molecule has 2 aromatic carbocycles. The van der Waals surface area contributed by atoms with E-state index in [1.165, 1.54) is 40.7 Å². The first kappa shape index (κ1) is 22.3. The Morgan fingerprint density at radius 3 is 2.48 bits per heavy atom. The molecule has 3 atom stereocenters. The Morgan fingerprint density at radius 2 is 1.81 bits per heavy atom. The monoisotopic (exact) mass is 464 g/mol. The minimum Gasteiger partial charge on any atom is -0.373 e. The summed E-state index contributed by atoms with van der Waals surface area (Å²) in [7, 11) is -3.67. The third-order valence-corrected chi connectivity index (χ3v) is 8.43. The van der Waals surface area contributed by atoms with Crippen LogP contribution in [0.15, 0.2) is 52.3 Å². The molecule has 4 rings (SSSR count). The summed E-state index contributed by atoms with van der Waals surface area (Å²) in [5.74, 6) is 0.184. The number of thioether (sulfide) groups is 1. The van der Waals surface area contributed by atoms with Crippen LogP contribution < -0.4 is 5.32 Å². The number of hydrogen-bond donors (Lipinski definition) is 1. The summed E-state index contributed by atoms with van der Waals surface area (Å²) in [6.07, 6.45) is 0.349. The van der Waals surface area contributed by atoms with Crippen molar-refractivity contribution in [2.45, 2.75) is 48.3 Å². The van der Waals surface area contributed by atoms with Crippen LogP contribution in [0.2, 0.25) is 0 Å². The van der Waals surface area contributed by atoms with Crippen molar-refractivity contribution in [3.8, 4) is 0 Å². The molecule has 2 aromatic rings. The van der Waals surface area contributed by atoms with Crippen molar-refractivity contribution in [2.75, 3.05) is 18.8 Å². The lowest BCUT2D eigenvalue weighted by Gasteiger charge is -2.34. The fourth-order valence-corrected chi connectivity index (χ4v) is 6.71. The maximum absolute atomic E-state index is 13.7. The number of carbonyl (C=O) groups is 1. The van der Waals surface area contributed by atoms with Crippen molar-refractivity contribution in [2.24, 2.45) is 0 Å². The highest BCUT2D eigenvalue weighted by atomic mass is 32.2. The van der Waals surface area contributed by atoms with Crippen LogP contribution in [0.1, 0.15) is 42.2 Å². The highest BCUT2D eigenvalue weighted by molar-refractivity contribution is 7.99. The number of morpholine rings is 1. The second-order valence-corrected chi connectivity index (χ2v) is 11.0. The predicted octanol–water partition coefficient (Wildman–Crippen LogP) is 3.59. The topological polar surface area (TPSA) is 75.7 Å². The Kier molecular flexibility index (Phi) is 6.39. The molecule has 1 saturated heterocycles. The normalized spacial score (nSPS) is 24.4. The van der Waals surface area contributed by atoms with Crippen LogP contribution in [0.4, 0.5) is 4.39 Å². The zero-order valence-electron chi connectivity index (χ0n) is 17.4. The number of amides is 1. The fourth-order valence-electron chi connectivity index (χ4n) is 4.01. The van der Waals surface area contributed by atoms with Gasteiger partial charge < -0.3 is 10.1 Å². The van der Waals surface area contributed by atoms with E-state index in [9.17, 15) is 17.6 Å². The van der Waals surface area contributed by atoms with Crippen molar-refractivity contribution in [1.82, 2.24) is 9.62 Å². The van der Waals surface area contributed by atoms with Gasteiger partial charge in [0.2, 0.25) is 10.0 Å². The largest absolute Gasteiger partial charge is 0.373 e. The molecule has 2 aliphatic heterocycles. The van der Waals surface area contributed by atoms with Crippen molar-refractivity contribution >= 4 is 27.7 Å². The summed E-state index contributed by atoms with van der Waals surface area (Å²) in [4.78, 5) is 13.9. The molecule has 0 radical (unpaired) electrons. The van der Waals surface area contributed by atoms with E-state index in [4.69, 9.17) is 4.74 Å². The maximum atomic E-state index is 13.7. The number of fused-ring (bicyclic) bond motifs is 1. The van der Waals surface area contributed by atoms with Gasteiger partial charge in [0, 0.05) is 29.3 Å². The van der Waals surface area contributed by atoms with E-state index in [-0.39, 0.29) is 34.9 Å². The van der Waals surface area contributed by atoms with Gasteiger partial charge in [-0.15, -0.1) is 11.8 Å². The number of rotatable bonds is 4. The van der Waals surface area contributed by atoms with E-state index < -0.39 is 10.0 Å². The molecule has 1 N–H and O–H groups in total. The number of benzene rings is 2. The molecule has 0 aliphatic carbocycles. The maximum Gasteiger partial charge on any atom is 0.251 e. The molecule has 166 valence electrons. The van der Waals surface area contributed by atoms with Gasteiger partial charge >= 0.3 is 0 Å². The average Bonchev–Trinajstić information content (AvgIpc) is 2.73. The van der Waals surface area contributed by atoms with Gasteiger partial charge in [-0.25, -0.2) is 12.8 Å². The fraction of sp³-hybridized carbons (Fsp3) is 0.409. The number of ether oxygens (including phenoxy) is 1. The molecule has 0 unspecified atom stereocenters. The molecule has 0 spiro atoms. The Morgan fingerprint density at radius 1 is 1.13 bits per heavy atom. The number of halogens is 1. The molecule has 31 heavy (non-hydrogen) atoms. The van der Waals surface area contributed by atoms with Crippen LogP contribution in [0, 0.1) is 5.82 Å². The predicted molar refractivity (Wildman–Crippen MR) is 117 cm³/mol. The lowest BCUT2D eigenvalue weighted by molar-refractivity contribution is -0.0440. The average molecular weight is 465 g/mol. The van der Waals surface area contributed by atoms with E-state index in [1.54, 1.807) is 17.8 Å². The van der Waals surface area contributed by atoms with Crippen molar-refractivity contribution in [3.05, 3.63) is 59.4 Å². The highest BCUT2D eigenvalue weighted by Gasteiger charge is 2.32. The van der Waals surface area contributed by atoms with Crippen molar-refractivity contribution in [3.63, 3.8) is 0 Å². The number of hydrogen-bond acceptors (Lipinski definition) is 5. The van der Waals surface area contributed by atoms with Crippen LogP contribution in [0.25, 0.3) is 0 Å². The molecular formula is C22H25FN2O4S2. The van der Waals surface area contributed by atoms with Crippen LogP contribution in [-0.2, 0) is 14.8 Å². The summed E-state index contributed by atoms with van der Waals surface area (Å²) >= 11 is 1.64. The summed E-state index contributed by atoms with van der Waals surface area (Å²) in [6.45, 7) is 4.29. The van der Waals surface area contributed by atoms with E-state index >= 15 is 0 Å². The third kappa shape index (κ3) is 4.79. The molecule has 0 saturated carbocycles. The smallest absolute Gasteiger partial charge is 0.251 e. The molecule has 2 aliphatic rings. The first-order valence-corrected chi connectivity index (χ1v) is 12.7. The molecule has 2 heterocycles. The zero-order chi connectivity index (χ0) is 22.2. The van der Waals surface area contributed by atoms with E-state index in [0.717, 1.165) is 16.2 Å². The van der Waals surface area contributed by atoms with Gasteiger partial charge in [-0.1, -0.05) is 0 Å². The van der Waals surface area contributed by atoms with Gasteiger partial charge in [0.1, 0.15) is 5.82 Å². The molecule has 1 fully saturated rings. The number of nitrogens with one attached hydrogen (secondary N) is 1. The zero-order valence-corrected chi connectivity index (χ0v) is 19.0. The summed E-state index contributed by atoms with van der Waals surface area (Å²) < 4.78 is 46.7. The van der Waals surface area contributed by atoms with Gasteiger partial charge in [-0.3, -0.25) is 4.79 Å². The van der Waals surface area contributed by atoms with Crippen LogP contribution in [0.3, 0.4) is 0 Å². The Labute approximate surface area is 186 Å². The summed E-state index contributed by atoms with van der Waals surface area (Å²) in [6, 6.07) is 10.3. The quantitative estimate of drug-likeness (QED) is 0.749. The van der Waals surface area contributed by atoms with Gasteiger partial charge in [-0.2, -0.15) is 4.31 Å². The first-order chi connectivity index (χ1) is 14.7. The first-order valence-electron chi connectivity index (χ1n) is 10.2. The van der Waals surface area contributed by atoms with Gasteiger partial charge in [-0.05, 0) is 68.3 Å². The lowest BCUT2D eigenvalue weighted by atomic mass is 10.0. The molecular weight excluding hydrogens is 439 g/mol. The number of carbonyl (C=O) groups excluding carboxylic acids is 1. The second kappa shape index (κ2) is 8.90. The minimum absolute atomic E-state index is 0.145. The van der Waals surface area contributed by atoms with E-state index in [0.29, 0.717) is 25.1 Å². The van der Waals surface area contributed by atoms with E-state index in [1.807, 2.05) is 13.8 Å². The van der Waals surface area contributed by atoms with Crippen molar-refractivity contribution < 1.29 is 22.3 Å². The Hall–Kier alpha value is -1.94. The van der Waals surface area contributed by atoms with Crippen LogP contribution in [0.5, 0.6) is 0 Å². The van der Waals surface area contributed by atoms with Gasteiger partial charge in [0.15, 0.2) is 0 Å². The molecule has 6 nitrogen and oxygen atoms in total. The highest BCUT2D eigenvalue weighted by Crippen LogP contribution is 2.36. The second-order valence-electron chi connectivity index (χ2n) is 7.95. The Balaban J connectivity index is 1.49. The molecule has 0 aromatic heterocycles. The summed E-state index contributed by atoms with van der Waals surface area (Å²) in [5, 5.41) is 2.96.